The second-order valence-electron chi connectivity index (χ2n) is 5.68. The van der Waals surface area contributed by atoms with Gasteiger partial charge in [0.2, 0.25) is 0 Å². The topological polar surface area (TPSA) is 12.0 Å². The number of rotatable bonds is 2. The summed E-state index contributed by atoms with van der Waals surface area (Å²) in [6, 6.07) is 15.5. The third-order valence-electron chi connectivity index (χ3n) is 2.94. The number of nitrogens with one attached hydrogen (secondary N) is 1. The maximum atomic E-state index is 3.63. The van der Waals surface area contributed by atoms with Crippen LogP contribution in [0.5, 0.6) is 0 Å². The third kappa shape index (κ3) is 2.86. The summed E-state index contributed by atoms with van der Waals surface area (Å²) in [7, 11) is 0. The van der Waals surface area contributed by atoms with Gasteiger partial charge in [0.1, 0.15) is 0 Å². The molecular weight excluding hydrogens is 206 g/mol. The zero-order valence-corrected chi connectivity index (χ0v) is 11.1. The summed E-state index contributed by atoms with van der Waals surface area (Å²) >= 11 is 0. The fourth-order valence-electron chi connectivity index (χ4n) is 2.36. The molecule has 0 fully saturated rings. The SMILES string of the molecule is C[C@@H](NC(C)(C)C)c1cccc2ccccc12. The van der Waals surface area contributed by atoms with Crippen molar-refractivity contribution in [1.29, 1.82) is 0 Å². The van der Waals surface area contributed by atoms with Gasteiger partial charge in [-0.3, -0.25) is 0 Å². The van der Waals surface area contributed by atoms with Crippen LogP contribution >= 0.6 is 0 Å². The molecule has 17 heavy (non-hydrogen) atoms. The lowest BCUT2D eigenvalue weighted by molar-refractivity contribution is 0.379. The third-order valence-corrected chi connectivity index (χ3v) is 2.94. The Balaban J connectivity index is 2.41. The summed E-state index contributed by atoms with van der Waals surface area (Å²) in [6.45, 7) is 8.84. The predicted octanol–water partition coefficient (Wildman–Crippen LogP) is 4.29. The van der Waals surface area contributed by atoms with Gasteiger partial charge in [-0.05, 0) is 44.0 Å². The van der Waals surface area contributed by atoms with Crippen molar-refractivity contribution in [2.24, 2.45) is 0 Å². The van der Waals surface area contributed by atoms with E-state index in [1.165, 1.54) is 16.3 Å². The van der Waals surface area contributed by atoms with E-state index >= 15 is 0 Å². The van der Waals surface area contributed by atoms with E-state index in [1.54, 1.807) is 0 Å². The molecule has 0 spiro atoms. The molecule has 0 aromatic heterocycles. The largest absolute Gasteiger partial charge is 0.306 e. The Morgan fingerprint density at radius 1 is 0.941 bits per heavy atom. The van der Waals surface area contributed by atoms with Crippen LogP contribution in [0.3, 0.4) is 0 Å². The van der Waals surface area contributed by atoms with E-state index in [0.29, 0.717) is 6.04 Å². The lowest BCUT2D eigenvalue weighted by atomic mass is 9.97. The van der Waals surface area contributed by atoms with E-state index in [-0.39, 0.29) is 5.54 Å². The Labute approximate surface area is 104 Å². The summed E-state index contributed by atoms with van der Waals surface area (Å²) in [5.74, 6) is 0. The fourth-order valence-corrected chi connectivity index (χ4v) is 2.36. The first-order valence-electron chi connectivity index (χ1n) is 6.23. The Kier molecular flexibility index (Phi) is 3.21. The summed E-state index contributed by atoms with van der Waals surface area (Å²) in [5.41, 5.74) is 1.51. The van der Waals surface area contributed by atoms with E-state index in [4.69, 9.17) is 0 Å². The summed E-state index contributed by atoms with van der Waals surface area (Å²) < 4.78 is 0. The highest BCUT2D eigenvalue weighted by Gasteiger charge is 2.16. The van der Waals surface area contributed by atoms with Gasteiger partial charge in [-0.1, -0.05) is 42.5 Å². The second kappa shape index (κ2) is 4.50. The molecule has 0 aliphatic heterocycles. The molecule has 0 radical (unpaired) electrons. The molecule has 1 nitrogen and oxygen atoms in total. The van der Waals surface area contributed by atoms with Crippen molar-refractivity contribution >= 4 is 10.8 Å². The van der Waals surface area contributed by atoms with Gasteiger partial charge in [0.15, 0.2) is 0 Å². The summed E-state index contributed by atoms with van der Waals surface area (Å²) in [6.07, 6.45) is 0. The van der Waals surface area contributed by atoms with E-state index in [2.05, 4.69) is 75.5 Å². The van der Waals surface area contributed by atoms with Gasteiger partial charge >= 0.3 is 0 Å². The van der Waals surface area contributed by atoms with E-state index in [1.807, 2.05) is 0 Å². The number of benzene rings is 2. The minimum absolute atomic E-state index is 0.135. The number of hydrogen-bond donors (Lipinski definition) is 1. The standard InChI is InChI=1S/C16H21N/c1-12(17-16(2,3)4)14-11-7-9-13-8-5-6-10-15(13)14/h5-12,17H,1-4H3/t12-/m1/s1. The van der Waals surface area contributed by atoms with E-state index in [0.717, 1.165) is 0 Å². The average Bonchev–Trinajstić information content (AvgIpc) is 2.26. The Hall–Kier alpha value is -1.34. The van der Waals surface area contributed by atoms with Crippen LogP contribution in [0.2, 0.25) is 0 Å². The van der Waals surface area contributed by atoms with Crippen LogP contribution in [-0.2, 0) is 0 Å². The smallest absolute Gasteiger partial charge is 0.0302 e. The molecule has 1 N–H and O–H groups in total. The van der Waals surface area contributed by atoms with Crippen LogP contribution in [0.15, 0.2) is 42.5 Å². The summed E-state index contributed by atoms with van der Waals surface area (Å²) in [5, 5.41) is 6.29. The lowest BCUT2D eigenvalue weighted by Gasteiger charge is -2.27. The Morgan fingerprint density at radius 3 is 2.29 bits per heavy atom. The molecule has 1 atom stereocenters. The molecule has 90 valence electrons. The van der Waals surface area contributed by atoms with Gasteiger partial charge in [0.25, 0.3) is 0 Å². The van der Waals surface area contributed by atoms with Gasteiger partial charge < -0.3 is 5.32 Å². The van der Waals surface area contributed by atoms with Crippen LogP contribution in [0, 0.1) is 0 Å². The maximum Gasteiger partial charge on any atom is 0.0302 e. The number of hydrogen-bond acceptors (Lipinski definition) is 1. The lowest BCUT2D eigenvalue weighted by Crippen LogP contribution is -2.37. The summed E-state index contributed by atoms with van der Waals surface area (Å²) in [4.78, 5) is 0. The highest BCUT2D eigenvalue weighted by molar-refractivity contribution is 5.86. The van der Waals surface area contributed by atoms with Gasteiger partial charge in [0.05, 0.1) is 0 Å². The molecule has 0 unspecified atom stereocenters. The first kappa shape index (κ1) is 12.1. The zero-order chi connectivity index (χ0) is 12.5. The van der Waals surface area contributed by atoms with Crippen molar-refractivity contribution < 1.29 is 0 Å². The first-order valence-corrected chi connectivity index (χ1v) is 6.23. The van der Waals surface area contributed by atoms with E-state index in [9.17, 15) is 0 Å². The second-order valence-corrected chi connectivity index (χ2v) is 5.68. The highest BCUT2D eigenvalue weighted by atomic mass is 15.0. The van der Waals surface area contributed by atoms with Crippen LogP contribution in [0.1, 0.15) is 39.3 Å². The molecular formula is C16H21N. The first-order chi connectivity index (χ1) is 7.97. The molecule has 0 aliphatic carbocycles. The molecule has 0 saturated heterocycles. The average molecular weight is 227 g/mol. The Bertz CT molecular complexity index is 503. The van der Waals surface area contributed by atoms with Crippen LogP contribution in [0.25, 0.3) is 10.8 Å². The quantitative estimate of drug-likeness (QED) is 0.807. The van der Waals surface area contributed by atoms with Crippen LogP contribution in [0.4, 0.5) is 0 Å². The van der Waals surface area contributed by atoms with Crippen molar-refractivity contribution in [2.45, 2.75) is 39.3 Å². The molecule has 0 heterocycles. The van der Waals surface area contributed by atoms with Crippen molar-refractivity contribution in [3.8, 4) is 0 Å². The molecule has 1 heteroatoms. The maximum absolute atomic E-state index is 3.63. The minimum Gasteiger partial charge on any atom is -0.306 e. The van der Waals surface area contributed by atoms with Crippen molar-refractivity contribution in [3.05, 3.63) is 48.0 Å². The van der Waals surface area contributed by atoms with Gasteiger partial charge in [-0.15, -0.1) is 0 Å². The van der Waals surface area contributed by atoms with E-state index < -0.39 is 0 Å². The molecule has 0 aliphatic rings. The van der Waals surface area contributed by atoms with Gasteiger partial charge in [-0.2, -0.15) is 0 Å². The van der Waals surface area contributed by atoms with Crippen LogP contribution in [-0.4, -0.2) is 5.54 Å². The van der Waals surface area contributed by atoms with Crippen molar-refractivity contribution in [2.75, 3.05) is 0 Å². The molecule has 0 amide bonds. The van der Waals surface area contributed by atoms with Gasteiger partial charge in [0, 0.05) is 11.6 Å². The zero-order valence-electron chi connectivity index (χ0n) is 11.1. The molecule has 2 aromatic rings. The normalized spacial score (nSPS) is 13.9. The molecule has 2 rings (SSSR count). The van der Waals surface area contributed by atoms with Crippen molar-refractivity contribution in [1.82, 2.24) is 5.32 Å². The number of fused-ring (bicyclic) bond motifs is 1. The molecule has 2 aromatic carbocycles. The monoisotopic (exact) mass is 227 g/mol. The van der Waals surface area contributed by atoms with Gasteiger partial charge in [-0.25, -0.2) is 0 Å². The van der Waals surface area contributed by atoms with Crippen molar-refractivity contribution in [3.63, 3.8) is 0 Å². The molecule has 0 bridgehead atoms. The van der Waals surface area contributed by atoms with Crippen LogP contribution < -0.4 is 5.32 Å². The highest BCUT2D eigenvalue weighted by Crippen LogP contribution is 2.25. The minimum atomic E-state index is 0.135. The molecule has 0 saturated carbocycles. The predicted molar refractivity (Wildman–Crippen MR) is 75.3 cm³/mol. The Morgan fingerprint density at radius 2 is 1.59 bits per heavy atom. The fraction of sp³-hybridized carbons (Fsp3) is 0.375.